The van der Waals surface area contributed by atoms with Gasteiger partial charge in [-0.25, -0.2) is 14.1 Å². The predicted molar refractivity (Wildman–Crippen MR) is 195 cm³/mol. The summed E-state index contributed by atoms with van der Waals surface area (Å²) in [5.41, 5.74) is 3.93. The Morgan fingerprint density at radius 2 is 1.81 bits per heavy atom. The lowest BCUT2D eigenvalue weighted by Crippen LogP contribution is -2.41. The van der Waals surface area contributed by atoms with E-state index in [2.05, 4.69) is 45.4 Å². The summed E-state index contributed by atoms with van der Waals surface area (Å²) in [6.07, 6.45) is 0.885. The van der Waals surface area contributed by atoms with Crippen LogP contribution in [0.1, 0.15) is 74.4 Å². The van der Waals surface area contributed by atoms with Crippen molar-refractivity contribution >= 4 is 62.4 Å². The number of amides is 2. The van der Waals surface area contributed by atoms with Gasteiger partial charge in [-0.2, -0.15) is 8.42 Å². The first-order valence-corrected chi connectivity index (χ1v) is 18.8. The van der Waals surface area contributed by atoms with E-state index in [-0.39, 0.29) is 29.4 Å². The Labute approximate surface area is 308 Å². The molecule has 2 aromatic heterocycles. The number of carbonyl (C=O) groups excluding carboxylic acids is 2. The van der Waals surface area contributed by atoms with Crippen LogP contribution in [0.2, 0.25) is 5.02 Å². The minimum absolute atomic E-state index is 0.0514. The number of nitrogens with two attached hydrogens (primary N) is 1. The number of aliphatic imine (C=N–C) groups is 1. The Morgan fingerprint density at radius 3 is 2.48 bits per heavy atom. The molecule has 52 heavy (non-hydrogen) atoms. The molecule has 2 amide bonds. The number of carboxylic acid groups (broad SMARTS) is 1. The van der Waals surface area contributed by atoms with Gasteiger partial charge in [0.05, 0.1) is 17.7 Å². The number of nitrogens with zero attached hydrogens (tertiary/aromatic N) is 5. The van der Waals surface area contributed by atoms with Crippen LogP contribution < -0.4 is 10.5 Å². The van der Waals surface area contributed by atoms with Crippen LogP contribution in [0.25, 0.3) is 5.00 Å². The fourth-order valence-electron chi connectivity index (χ4n) is 6.22. The van der Waals surface area contributed by atoms with Crippen LogP contribution in [0.5, 0.6) is 0 Å². The van der Waals surface area contributed by atoms with Crippen LogP contribution in [0.15, 0.2) is 47.5 Å². The summed E-state index contributed by atoms with van der Waals surface area (Å²) in [6.45, 7) is 6.15. The van der Waals surface area contributed by atoms with Crippen molar-refractivity contribution in [2.45, 2.75) is 46.1 Å². The molecule has 0 spiro atoms. The molecule has 14 nitrogen and oxygen atoms in total. The Morgan fingerprint density at radius 1 is 1.10 bits per heavy atom. The fraction of sp³-hybridized carbons (Fsp3) is 0.314. The molecule has 270 valence electrons. The van der Waals surface area contributed by atoms with E-state index in [1.807, 2.05) is 35.8 Å². The number of aryl methyl sites for hydroxylation is 2. The molecule has 0 unspecified atom stereocenters. The van der Waals surface area contributed by atoms with Crippen LogP contribution in [-0.2, 0) is 24.1 Å². The van der Waals surface area contributed by atoms with Crippen molar-refractivity contribution in [3.05, 3.63) is 91.8 Å². The number of rotatable bonds is 8. The summed E-state index contributed by atoms with van der Waals surface area (Å²) in [7, 11) is -4.21. The highest BCUT2D eigenvalue weighted by atomic mass is 35.5. The largest absolute Gasteiger partial charge is 0.478 e. The highest BCUT2D eigenvalue weighted by Gasteiger charge is 2.34. The number of thiophene rings is 1. The highest BCUT2D eigenvalue weighted by molar-refractivity contribution is 7.84. The van der Waals surface area contributed by atoms with Gasteiger partial charge in [0.25, 0.3) is 0 Å². The van der Waals surface area contributed by atoms with Gasteiger partial charge in [-0.1, -0.05) is 35.6 Å². The van der Waals surface area contributed by atoms with E-state index < -0.39 is 34.8 Å². The molecule has 6 rings (SSSR count). The van der Waals surface area contributed by atoms with E-state index in [0.717, 1.165) is 32.3 Å². The molecule has 0 radical (unpaired) electrons. The molecule has 17 heteroatoms. The SMILES string of the molecule is Cc1sc2c(c1C)C(c1ccc(Cl)cc1)=N[C@@H](CC(=O)N1CCC(C(=O)Nc3ccc(C(=O)O)c(C#CCOS(N)(=O)=O)c3)CC1)c1nnc(C)n1-2. The van der Waals surface area contributed by atoms with Gasteiger partial charge < -0.3 is 15.3 Å². The van der Waals surface area contributed by atoms with Crippen molar-refractivity contribution in [1.82, 2.24) is 19.7 Å². The monoisotopic (exact) mass is 763 g/mol. The van der Waals surface area contributed by atoms with Crippen molar-refractivity contribution in [3.8, 4) is 16.8 Å². The number of anilines is 1. The molecule has 0 bridgehead atoms. The lowest BCUT2D eigenvalue weighted by molar-refractivity contribution is -0.134. The summed E-state index contributed by atoms with van der Waals surface area (Å²) in [6, 6.07) is 11.0. The third kappa shape index (κ3) is 7.93. The molecule has 2 aliphatic rings. The minimum Gasteiger partial charge on any atom is -0.478 e. The second kappa shape index (κ2) is 15.0. The minimum atomic E-state index is -4.21. The van der Waals surface area contributed by atoms with Gasteiger partial charge >= 0.3 is 16.3 Å². The van der Waals surface area contributed by atoms with E-state index in [9.17, 15) is 27.9 Å². The van der Waals surface area contributed by atoms with E-state index in [1.54, 1.807) is 16.2 Å². The van der Waals surface area contributed by atoms with E-state index in [1.165, 1.54) is 18.2 Å². The van der Waals surface area contributed by atoms with Crippen LogP contribution in [0.4, 0.5) is 5.69 Å². The number of piperidine rings is 1. The van der Waals surface area contributed by atoms with Gasteiger partial charge in [-0.05, 0) is 69.5 Å². The standard InChI is InChI=1S/C35H34ClN7O7S2/c1-19-20(2)51-34-30(19)31(22-6-8-25(36)9-7-22)39-28(32-41-40-21(3)43(32)34)18-29(44)42-14-12-23(13-15-42)33(45)38-26-10-11-27(35(46)47)24(17-26)5-4-16-50-52(37,48)49/h6-11,17,23,28H,12-16,18H2,1-3H3,(H,38,45)(H,46,47)(H2,37,48,49)/t28-/m0/s1. The number of halogens is 1. The number of nitrogens with one attached hydrogen (secondary N) is 1. The topological polar surface area (TPSA) is 199 Å². The number of aromatic nitrogens is 3. The van der Waals surface area contributed by atoms with Crippen LogP contribution in [0.3, 0.4) is 0 Å². The number of fused-ring (bicyclic) bond motifs is 3. The average molecular weight is 764 g/mol. The quantitative estimate of drug-likeness (QED) is 0.219. The normalized spacial score (nSPS) is 15.8. The summed E-state index contributed by atoms with van der Waals surface area (Å²) < 4.78 is 28.3. The lowest BCUT2D eigenvalue weighted by atomic mass is 9.95. The number of aromatic carboxylic acids is 1. The summed E-state index contributed by atoms with van der Waals surface area (Å²) in [5, 5.41) is 27.5. The summed E-state index contributed by atoms with van der Waals surface area (Å²) in [5.74, 6) is 4.18. The van der Waals surface area contributed by atoms with Crippen molar-refractivity contribution in [1.29, 1.82) is 0 Å². The van der Waals surface area contributed by atoms with Crippen molar-refractivity contribution in [2.75, 3.05) is 25.0 Å². The molecule has 0 saturated carbocycles. The van der Waals surface area contributed by atoms with E-state index in [0.29, 0.717) is 48.3 Å². The average Bonchev–Trinajstić information content (AvgIpc) is 3.58. The van der Waals surface area contributed by atoms with Gasteiger partial charge in [0, 0.05) is 51.3 Å². The molecule has 1 atom stereocenters. The second-order valence-electron chi connectivity index (χ2n) is 12.4. The third-order valence-corrected chi connectivity index (χ3v) is 10.9. The molecule has 2 aromatic carbocycles. The first-order valence-electron chi connectivity index (χ1n) is 16.2. The second-order valence-corrected chi connectivity index (χ2v) is 15.2. The predicted octanol–water partition coefficient (Wildman–Crippen LogP) is 4.34. The number of hydrogen-bond acceptors (Lipinski definition) is 10. The van der Waals surface area contributed by atoms with Gasteiger partial charge in [-0.3, -0.25) is 19.1 Å². The molecular formula is C35H34ClN7O7S2. The first kappa shape index (κ1) is 36.9. The third-order valence-electron chi connectivity index (χ3n) is 8.98. The number of carbonyl (C=O) groups is 3. The molecule has 4 heterocycles. The molecule has 4 aromatic rings. The van der Waals surface area contributed by atoms with Crippen LogP contribution in [0, 0.1) is 38.5 Å². The van der Waals surface area contributed by atoms with Gasteiger partial charge in [0.15, 0.2) is 5.82 Å². The smallest absolute Gasteiger partial charge is 0.336 e. The maximum Gasteiger partial charge on any atom is 0.336 e. The molecule has 1 fully saturated rings. The zero-order valence-electron chi connectivity index (χ0n) is 28.3. The highest BCUT2D eigenvalue weighted by Crippen LogP contribution is 2.40. The van der Waals surface area contributed by atoms with Crippen molar-refractivity contribution in [2.24, 2.45) is 16.0 Å². The maximum absolute atomic E-state index is 13.8. The van der Waals surface area contributed by atoms with Gasteiger partial charge in [-0.15, -0.1) is 21.5 Å². The fourth-order valence-corrected chi connectivity index (χ4v) is 7.78. The molecule has 2 aliphatic heterocycles. The molecular weight excluding hydrogens is 730 g/mol. The molecule has 1 saturated heterocycles. The summed E-state index contributed by atoms with van der Waals surface area (Å²) >= 11 is 7.86. The lowest BCUT2D eigenvalue weighted by Gasteiger charge is -2.32. The molecule has 4 N–H and O–H groups in total. The van der Waals surface area contributed by atoms with Crippen molar-refractivity contribution in [3.63, 3.8) is 0 Å². The van der Waals surface area contributed by atoms with Crippen LogP contribution in [-0.4, -0.2) is 76.4 Å². The Balaban J connectivity index is 1.16. The zero-order chi connectivity index (χ0) is 37.3. The first-order chi connectivity index (χ1) is 24.7. The Hall–Kier alpha value is -4.92. The van der Waals surface area contributed by atoms with E-state index >= 15 is 0 Å². The van der Waals surface area contributed by atoms with Gasteiger partial charge in [0.1, 0.15) is 23.5 Å². The number of carboxylic acids is 1. The number of hydrogen-bond donors (Lipinski definition) is 3. The Kier molecular flexibility index (Phi) is 10.6. The number of benzene rings is 2. The zero-order valence-corrected chi connectivity index (χ0v) is 30.7. The molecule has 0 aliphatic carbocycles. The summed E-state index contributed by atoms with van der Waals surface area (Å²) in [4.78, 5) is 46.9. The van der Waals surface area contributed by atoms with Crippen LogP contribution >= 0.6 is 22.9 Å². The number of likely N-dealkylation sites (tertiary alicyclic amines) is 1. The Bertz CT molecular complexity index is 2280. The van der Waals surface area contributed by atoms with Crippen molar-refractivity contribution < 1.29 is 32.1 Å². The van der Waals surface area contributed by atoms with E-state index in [4.69, 9.17) is 21.7 Å². The maximum atomic E-state index is 13.8. The van der Waals surface area contributed by atoms with Gasteiger partial charge in [0.2, 0.25) is 11.8 Å².